The van der Waals surface area contributed by atoms with Gasteiger partial charge in [0, 0.05) is 0 Å². The van der Waals surface area contributed by atoms with Crippen molar-refractivity contribution in [3.8, 4) is 17.2 Å². The highest BCUT2D eigenvalue weighted by Crippen LogP contribution is 2.21. The predicted octanol–water partition coefficient (Wildman–Crippen LogP) is 4.45. The molecule has 3 aromatic carbocycles. The minimum absolute atomic E-state index is 0.0678. The molecular weight excluding hydrogens is 344 g/mol. The number of aromatic hydroxyl groups is 1. The Morgan fingerprint density at radius 1 is 0.741 bits per heavy atom. The molecule has 5 heteroatoms. The van der Waals surface area contributed by atoms with Gasteiger partial charge < -0.3 is 14.6 Å². The molecule has 3 aromatic rings. The van der Waals surface area contributed by atoms with E-state index < -0.39 is 11.9 Å². The second-order valence-corrected chi connectivity index (χ2v) is 6.12. The third-order valence-electron chi connectivity index (χ3n) is 3.94. The summed E-state index contributed by atoms with van der Waals surface area (Å²) in [4.78, 5) is 24.3. The van der Waals surface area contributed by atoms with Gasteiger partial charge in [0.2, 0.25) is 0 Å². The average Bonchev–Trinajstić information content (AvgIpc) is 2.65. The lowest BCUT2D eigenvalue weighted by molar-refractivity contribution is 0.0729. The predicted molar refractivity (Wildman–Crippen MR) is 100 cm³/mol. The molecule has 1 N–H and O–H groups in total. The lowest BCUT2D eigenvalue weighted by atomic mass is 10.1. The number of phenols is 1. The number of esters is 2. The Kier molecular flexibility index (Phi) is 5.22. The van der Waals surface area contributed by atoms with Gasteiger partial charge in [-0.15, -0.1) is 0 Å². The number of carbonyl (C=O) groups is 2. The molecule has 0 aliphatic carbocycles. The zero-order valence-corrected chi connectivity index (χ0v) is 14.9. The minimum Gasteiger partial charge on any atom is -0.508 e. The van der Waals surface area contributed by atoms with E-state index in [1.807, 2.05) is 26.0 Å². The van der Waals surface area contributed by atoms with E-state index >= 15 is 0 Å². The van der Waals surface area contributed by atoms with E-state index in [0.29, 0.717) is 22.6 Å². The van der Waals surface area contributed by atoms with Gasteiger partial charge in [-0.1, -0.05) is 17.7 Å². The highest BCUT2D eigenvalue weighted by Gasteiger charge is 2.12. The second kappa shape index (κ2) is 7.74. The lowest BCUT2D eigenvalue weighted by Crippen LogP contribution is -2.10. The van der Waals surface area contributed by atoms with E-state index in [1.165, 1.54) is 48.5 Å². The molecule has 0 aromatic heterocycles. The fourth-order valence-corrected chi connectivity index (χ4v) is 2.50. The van der Waals surface area contributed by atoms with Crippen LogP contribution in [0, 0.1) is 13.8 Å². The first-order chi connectivity index (χ1) is 12.9. The number of rotatable bonds is 4. The van der Waals surface area contributed by atoms with Crippen molar-refractivity contribution in [2.75, 3.05) is 0 Å². The molecule has 0 amide bonds. The summed E-state index contributed by atoms with van der Waals surface area (Å²) in [5, 5.41) is 9.25. The third-order valence-corrected chi connectivity index (χ3v) is 3.94. The molecule has 0 heterocycles. The van der Waals surface area contributed by atoms with E-state index in [4.69, 9.17) is 9.47 Å². The summed E-state index contributed by atoms with van der Waals surface area (Å²) >= 11 is 0. The van der Waals surface area contributed by atoms with Crippen LogP contribution in [0.4, 0.5) is 0 Å². The first-order valence-corrected chi connectivity index (χ1v) is 8.33. The summed E-state index contributed by atoms with van der Waals surface area (Å²) in [6.07, 6.45) is 0. The van der Waals surface area contributed by atoms with E-state index in [-0.39, 0.29) is 5.75 Å². The van der Waals surface area contributed by atoms with Crippen LogP contribution in [-0.4, -0.2) is 17.0 Å². The molecule has 0 radical (unpaired) electrons. The number of hydrogen-bond donors (Lipinski definition) is 1. The normalized spacial score (nSPS) is 10.3. The van der Waals surface area contributed by atoms with Gasteiger partial charge >= 0.3 is 11.9 Å². The molecule has 3 rings (SSSR count). The van der Waals surface area contributed by atoms with E-state index in [9.17, 15) is 14.7 Å². The topological polar surface area (TPSA) is 72.8 Å². The van der Waals surface area contributed by atoms with Gasteiger partial charge in [0.15, 0.2) is 0 Å². The van der Waals surface area contributed by atoms with Gasteiger partial charge in [-0.2, -0.15) is 0 Å². The highest BCUT2D eigenvalue weighted by molar-refractivity contribution is 5.92. The van der Waals surface area contributed by atoms with Crippen molar-refractivity contribution in [2.24, 2.45) is 0 Å². The molecule has 0 saturated carbocycles. The summed E-state index contributed by atoms with van der Waals surface area (Å²) in [6.45, 7) is 3.85. The molecule has 0 bridgehead atoms. The maximum Gasteiger partial charge on any atom is 0.343 e. The van der Waals surface area contributed by atoms with Gasteiger partial charge in [0.25, 0.3) is 0 Å². The number of carbonyl (C=O) groups excluding carboxylic acids is 2. The van der Waals surface area contributed by atoms with Crippen LogP contribution in [0.2, 0.25) is 0 Å². The molecular formula is C22H18O5. The third kappa shape index (κ3) is 4.52. The first-order valence-electron chi connectivity index (χ1n) is 8.33. The van der Waals surface area contributed by atoms with Crippen molar-refractivity contribution in [3.05, 3.63) is 89.0 Å². The Balaban J connectivity index is 1.66. The summed E-state index contributed by atoms with van der Waals surface area (Å²) in [5.74, 6) is -0.165. The number of aryl methyl sites for hydroxylation is 2. The van der Waals surface area contributed by atoms with E-state index in [2.05, 4.69) is 0 Å². The minimum atomic E-state index is -0.555. The van der Waals surface area contributed by atoms with Crippen LogP contribution in [0.5, 0.6) is 17.2 Å². The molecule has 0 spiro atoms. The largest absolute Gasteiger partial charge is 0.508 e. The Morgan fingerprint density at radius 2 is 1.30 bits per heavy atom. The maximum absolute atomic E-state index is 12.3. The summed E-state index contributed by atoms with van der Waals surface area (Å²) in [5.41, 5.74) is 2.63. The number of ether oxygens (including phenoxy) is 2. The van der Waals surface area contributed by atoms with Gasteiger partial charge in [0.05, 0.1) is 11.1 Å². The fraction of sp³-hybridized carbons (Fsp3) is 0.0909. The molecule has 0 saturated heterocycles. The molecule has 0 aliphatic heterocycles. The van der Waals surface area contributed by atoms with Crippen molar-refractivity contribution in [2.45, 2.75) is 13.8 Å². The van der Waals surface area contributed by atoms with Crippen molar-refractivity contribution in [3.63, 3.8) is 0 Å². The SMILES string of the molecule is Cc1ccc(OC(=O)c2ccc(OC(=O)c3ccc(O)cc3)cc2)c(C)c1. The van der Waals surface area contributed by atoms with Crippen molar-refractivity contribution in [1.82, 2.24) is 0 Å². The van der Waals surface area contributed by atoms with Crippen LogP contribution in [0.1, 0.15) is 31.8 Å². The Morgan fingerprint density at radius 3 is 1.89 bits per heavy atom. The van der Waals surface area contributed by atoms with Crippen LogP contribution in [0.15, 0.2) is 66.7 Å². The monoisotopic (exact) mass is 362 g/mol. The van der Waals surface area contributed by atoms with Crippen LogP contribution in [-0.2, 0) is 0 Å². The van der Waals surface area contributed by atoms with Gasteiger partial charge in [-0.05, 0) is 74.0 Å². The van der Waals surface area contributed by atoms with Gasteiger partial charge in [0.1, 0.15) is 17.2 Å². The summed E-state index contributed by atoms with van der Waals surface area (Å²) in [6, 6.07) is 17.4. The molecule has 5 nitrogen and oxygen atoms in total. The Labute approximate surface area is 156 Å². The molecule has 0 atom stereocenters. The lowest BCUT2D eigenvalue weighted by Gasteiger charge is -2.09. The number of phenolic OH excluding ortho intramolecular Hbond substituents is 1. The van der Waals surface area contributed by atoms with E-state index in [0.717, 1.165) is 11.1 Å². The molecule has 0 unspecified atom stereocenters. The smallest absolute Gasteiger partial charge is 0.343 e. The van der Waals surface area contributed by atoms with Gasteiger partial charge in [-0.25, -0.2) is 9.59 Å². The fourth-order valence-electron chi connectivity index (χ4n) is 2.50. The zero-order chi connectivity index (χ0) is 19.4. The molecule has 0 fully saturated rings. The highest BCUT2D eigenvalue weighted by atomic mass is 16.5. The Bertz CT molecular complexity index is 973. The second-order valence-electron chi connectivity index (χ2n) is 6.12. The maximum atomic E-state index is 12.3. The van der Waals surface area contributed by atoms with Crippen LogP contribution >= 0.6 is 0 Å². The summed E-state index contributed by atoms with van der Waals surface area (Å²) < 4.78 is 10.7. The molecule has 136 valence electrons. The van der Waals surface area contributed by atoms with Crippen LogP contribution < -0.4 is 9.47 Å². The quantitative estimate of drug-likeness (QED) is 0.548. The molecule has 27 heavy (non-hydrogen) atoms. The van der Waals surface area contributed by atoms with Crippen molar-refractivity contribution < 1.29 is 24.2 Å². The number of benzene rings is 3. The van der Waals surface area contributed by atoms with Crippen LogP contribution in [0.3, 0.4) is 0 Å². The standard InChI is InChI=1S/C22H18O5/c1-14-3-12-20(15(2)13-14)27-22(25)17-6-10-19(11-7-17)26-21(24)16-4-8-18(23)9-5-16/h3-13,23H,1-2H3. The Hall–Kier alpha value is -3.60. The van der Waals surface area contributed by atoms with Crippen molar-refractivity contribution >= 4 is 11.9 Å². The van der Waals surface area contributed by atoms with E-state index in [1.54, 1.807) is 6.07 Å². The zero-order valence-electron chi connectivity index (χ0n) is 14.9. The van der Waals surface area contributed by atoms with Crippen molar-refractivity contribution in [1.29, 1.82) is 0 Å². The number of hydrogen-bond acceptors (Lipinski definition) is 5. The van der Waals surface area contributed by atoms with Gasteiger partial charge in [-0.3, -0.25) is 0 Å². The first kappa shape index (κ1) is 18.2. The molecule has 0 aliphatic rings. The average molecular weight is 362 g/mol. The summed E-state index contributed by atoms with van der Waals surface area (Å²) in [7, 11) is 0. The van der Waals surface area contributed by atoms with Crippen LogP contribution in [0.25, 0.3) is 0 Å².